The number of aliphatic hydroxyl groups excluding tert-OH is 1. The van der Waals surface area contributed by atoms with E-state index in [1.54, 1.807) is 12.1 Å². The van der Waals surface area contributed by atoms with Gasteiger partial charge in [-0.1, -0.05) is 31.4 Å². The molecular formula is C13H19ClFNO. The monoisotopic (exact) mass is 259 g/mol. The number of rotatable bonds is 2. The minimum atomic E-state index is -0.687. The van der Waals surface area contributed by atoms with Gasteiger partial charge in [-0.3, -0.25) is 0 Å². The first-order valence-electron chi connectivity index (χ1n) is 5.84. The van der Waals surface area contributed by atoms with Crippen molar-refractivity contribution in [3.63, 3.8) is 0 Å². The van der Waals surface area contributed by atoms with Gasteiger partial charge < -0.3 is 10.8 Å². The van der Waals surface area contributed by atoms with Gasteiger partial charge in [-0.15, -0.1) is 12.4 Å². The Hall–Kier alpha value is -0.640. The average molecular weight is 260 g/mol. The van der Waals surface area contributed by atoms with Crippen LogP contribution in [0, 0.1) is 5.82 Å². The molecule has 0 spiro atoms. The van der Waals surface area contributed by atoms with Crippen LogP contribution in [0.1, 0.15) is 43.8 Å². The fourth-order valence-corrected chi connectivity index (χ4v) is 2.46. The Morgan fingerprint density at radius 2 is 1.65 bits per heavy atom. The molecule has 2 nitrogen and oxygen atoms in total. The molecule has 1 unspecified atom stereocenters. The van der Waals surface area contributed by atoms with Crippen molar-refractivity contribution in [3.8, 4) is 0 Å². The van der Waals surface area contributed by atoms with Crippen molar-refractivity contribution in [1.82, 2.24) is 0 Å². The Bertz CT molecular complexity index is 349. The summed E-state index contributed by atoms with van der Waals surface area (Å²) in [5, 5.41) is 10.2. The molecule has 0 bridgehead atoms. The van der Waals surface area contributed by atoms with Crippen molar-refractivity contribution in [2.24, 2.45) is 5.73 Å². The molecule has 1 aliphatic carbocycles. The Kier molecular flexibility index (Phi) is 4.92. The number of halogens is 2. The van der Waals surface area contributed by atoms with Crippen LogP contribution in [0.5, 0.6) is 0 Å². The maximum atomic E-state index is 12.8. The summed E-state index contributed by atoms with van der Waals surface area (Å²) in [7, 11) is 0. The predicted molar refractivity (Wildman–Crippen MR) is 68.6 cm³/mol. The van der Waals surface area contributed by atoms with Crippen LogP contribution in [0.2, 0.25) is 0 Å². The van der Waals surface area contributed by atoms with E-state index in [4.69, 9.17) is 5.73 Å². The molecule has 1 fully saturated rings. The molecule has 0 radical (unpaired) electrons. The van der Waals surface area contributed by atoms with Crippen molar-refractivity contribution < 1.29 is 9.50 Å². The van der Waals surface area contributed by atoms with E-state index in [1.807, 2.05) is 0 Å². The van der Waals surface area contributed by atoms with Crippen LogP contribution in [0.4, 0.5) is 4.39 Å². The van der Waals surface area contributed by atoms with Gasteiger partial charge in [0.2, 0.25) is 0 Å². The lowest BCUT2D eigenvalue weighted by Crippen LogP contribution is -2.47. The van der Waals surface area contributed by atoms with Crippen molar-refractivity contribution in [3.05, 3.63) is 35.6 Å². The standard InChI is InChI=1S/C13H18FNO.ClH/c14-11-6-4-10(5-7-11)12(16)13(15)8-2-1-3-9-13;/h4-7,12,16H,1-3,8-9,15H2;1H. The van der Waals surface area contributed by atoms with Crippen LogP contribution in [-0.2, 0) is 0 Å². The molecule has 1 aromatic rings. The van der Waals surface area contributed by atoms with E-state index in [2.05, 4.69) is 0 Å². The second kappa shape index (κ2) is 5.80. The molecule has 0 saturated heterocycles. The zero-order valence-corrected chi connectivity index (χ0v) is 10.5. The van der Waals surface area contributed by atoms with Gasteiger partial charge >= 0.3 is 0 Å². The minimum absolute atomic E-state index is 0. The maximum absolute atomic E-state index is 12.8. The Morgan fingerprint density at radius 1 is 1.12 bits per heavy atom. The third-order valence-electron chi connectivity index (χ3n) is 3.51. The Labute approximate surface area is 107 Å². The summed E-state index contributed by atoms with van der Waals surface area (Å²) in [6, 6.07) is 5.96. The highest BCUT2D eigenvalue weighted by molar-refractivity contribution is 5.85. The summed E-state index contributed by atoms with van der Waals surface area (Å²) in [5.41, 5.74) is 6.41. The third kappa shape index (κ3) is 3.18. The fourth-order valence-electron chi connectivity index (χ4n) is 2.46. The quantitative estimate of drug-likeness (QED) is 0.858. The largest absolute Gasteiger partial charge is 0.386 e. The van der Waals surface area contributed by atoms with E-state index >= 15 is 0 Å². The number of hydrogen-bond donors (Lipinski definition) is 2. The van der Waals surface area contributed by atoms with Crippen LogP contribution in [0.25, 0.3) is 0 Å². The first-order chi connectivity index (χ1) is 7.62. The molecule has 0 amide bonds. The summed E-state index contributed by atoms with van der Waals surface area (Å²) in [6.45, 7) is 0. The first kappa shape index (κ1) is 14.4. The number of benzene rings is 1. The lowest BCUT2D eigenvalue weighted by Gasteiger charge is -2.37. The van der Waals surface area contributed by atoms with Gasteiger partial charge in [-0.05, 0) is 30.5 Å². The van der Waals surface area contributed by atoms with E-state index in [0.717, 1.165) is 25.7 Å². The number of nitrogens with two attached hydrogens (primary N) is 1. The highest BCUT2D eigenvalue weighted by Crippen LogP contribution is 2.36. The van der Waals surface area contributed by atoms with Gasteiger partial charge in [-0.2, -0.15) is 0 Å². The van der Waals surface area contributed by atoms with Gasteiger partial charge in [0.25, 0.3) is 0 Å². The van der Waals surface area contributed by atoms with E-state index in [-0.39, 0.29) is 18.2 Å². The molecule has 1 aliphatic rings. The highest BCUT2D eigenvalue weighted by atomic mass is 35.5. The van der Waals surface area contributed by atoms with Gasteiger partial charge in [0, 0.05) is 5.54 Å². The van der Waals surface area contributed by atoms with Gasteiger partial charge in [-0.25, -0.2) is 4.39 Å². The summed E-state index contributed by atoms with van der Waals surface area (Å²) >= 11 is 0. The first-order valence-corrected chi connectivity index (χ1v) is 5.84. The normalized spacial score (nSPS) is 20.4. The van der Waals surface area contributed by atoms with Crippen molar-refractivity contribution in [2.75, 3.05) is 0 Å². The number of hydrogen-bond acceptors (Lipinski definition) is 2. The van der Waals surface area contributed by atoms with Gasteiger partial charge in [0.15, 0.2) is 0 Å². The van der Waals surface area contributed by atoms with E-state index in [0.29, 0.717) is 5.56 Å². The molecule has 0 heterocycles. The summed E-state index contributed by atoms with van der Waals surface area (Å²) in [5.74, 6) is -0.286. The Morgan fingerprint density at radius 3 is 2.18 bits per heavy atom. The third-order valence-corrected chi connectivity index (χ3v) is 3.51. The topological polar surface area (TPSA) is 46.2 Å². The van der Waals surface area contributed by atoms with E-state index < -0.39 is 11.6 Å². The molecule has 3 N–H and O–H groups in total. The van der Waals surface area contributed by atoms with Crippen LogP contribution in [0.15, 0.2) is 24.3 Å². The van der Waals surface area contributed by atoms with Gasteiger partial charge in [0.1, 0.15) is 5.82 Å². The van der Waals surface area contributed by atoms with Crippen molar-refractivity contribution in [1.29, 1.82) is 0 Å². The van der Waals surface area contributed by atoms with Crippen LogP contribution >= 0.6 is 12.4 Å². The SMILES string of the molecule is Cl.NC1(C(O)c2ccc(F)cc2)CCCCC1. The summed E-state index contributed by atoms with van der Waals surface area (Å²) < 4.78 is 12.8. The van der Waals surface area contributed by atoms with Crippen LogP contribution in [0.3, 0.4) is 0 Å². The fraction of sp³-hybridized carbons (Fsp3) is 0.538. The van der Waals surface area contributed by atoms with E-state index in [9.17, 15) is 9.50 Å². The zero-order chi connectivity index (χ0) is 11.6. The molecule has 1 atom stereocenters. The van der Waals surface area contributed by atoms with Crippen molar-refractivity contribution >= 4 is 12.4 Å². The molecular weight excluding hydrogens is 241 g/mol. The lowest BCUT2D eigenvalue weighted by atomic mass is 9.76. The molecule has 1 saturated carbocycles. The minimum Gasteiger partial charge on any atom is -0.386 e. The molecule has 4 heteroatoms. The highest BCUT2D eigenvalue weighted by Gasteiger charge is 2.35. The van der Waals surface area contributed by atoms with Crippen LogP contribution < -0.4 is 5.73 Å². The average Bonchev–Trinajstić information content (AvgIpc) is 2.30. The summed E-state index contributed by atoms with van der Waals surface area (Å²) in [4.78, 5) is 0. The molecule has 2 rings (SSSR count). The molecule has 1 aromatic carbocycles. The summed E-state index contributed by atoms with van der Waals surface area (Å²) in [6.07, 6.45) is 4.31. The smallest absolute Gasteiger partial charge is 0.123 e. The van der Waals surface area contributed by atoms with Crippen LogP contribution in [-0.4, -0.2) is 10.6 Å². The second-order valence-electron chi connectivity index (χ2n) is 4.75. The molecule has 0 aromatic heterocycles. The van der Waals surface area contributed by atoms with E-state index in [1.165, 1.54) is 18.6 Å². The second-order valence-corrected chi connectivity index (χ2v) is 4.75. The maximum Gasteiger partial charge on any atom is 0.123 e. The Balaban J connectivity index is 0.00000144. The zero-order valence-electron chi connectivity index (χ0n) is 9.73. The van der Waals surface area contributed by atoms with Gasteiger partial charge in [0.05, 0.1) is 6.10 Å². The lowest BCUT2D eigenvalue weighted by molar-refractivity contribution is 0.0586. The van der Waals surface area contributed by atoms with Crippen molar-refractivity contribution in [2.45, 2.75) is 43.7 Å². The molecule has 17 heavy (non-hydrogen) atoms. The predicted octanol–water partition coefficient (Wildman–Crippen LogP) is 2.94. The molecule has 0 aliphatic heterocycles. The number of aliphatic hydroxyl groups is 1. The molecule has 96 valence electrons.